The molecule has 11 heteroatoms. The number of methoxy groups -OCH3 is 1. The number of amides is 1. The van der Waals surface area contributed by atoms with Gasteiger partial charge in [0, 0.05) is 36.5 Å². The van der Waals surface area contributed by atoms with E-state index in [2.05, 4.69) is 15.1 Å². The van der Waals surface area contributed by atoms with E-state index in [1.807, 2.05) is 47.5 Å². The van der Waals surface area contributed by atoms with Crippen LogP contribution in [0.3, 0.4) is 0 Å². The molecule has 1 amide bonds. The number of nitrogens with zero attached hydrogens (tertiary/aromatic N) is 7. The monoisotopic (exact) mass is 511 g/mol. The predicted octanol–water partition coefficient (Wildman–Crippen LogP) is 5.04. The second kappa shape index (κ2) is 9.31. The number of carbonyl (C=O) groups excluding carboxylic acids is 1. The van der Waals surface area contributed by atoms with Crippen LogP contribution in [0.15, 0.2) is 42.9 Å². The maximum absolute atomic E-state index is 12.9. The average Bonchev–Trinajstić information content (AvgIpc) is 3.44. The number of aryl methyl sites for hydroxylation is 1. The number of aromatic nitrogens is 6. The van der Waals surface area contributed by atoms with E-state index < -0.39 is 0 Å². The molecule has 0 unspecified atom stereocenters. The third-order valence-corrected chi connectivity index (χ3v) is 6.43. The van der Waals surface area contributed by atoms with Crippen molar-refractivity contribution in [2.24, 2.45) is 0 Å². The molecule has 180 valence electrons. The van der Waals surface area contributed by atoms with Crippen molar-refractivity contribution in [2.45, 2.75) is 39.4 Å². The Bertz CT molecular complexity index is 1410. The van der Waals surface area contributed by atoms with Gasteiger partial charge in [-0.2, -0.15) is 10.2 Å². The molecule has 0 fully saturated rings. The zero-order valence-corrected chi connectivity index (χ0v) is 21.0. The van der Waals surface area contributed by atoms with E-state index in [1.165, 1.54) is 7.11 Å². The SMILES string of the molecule is COc1nccnc1-c1ccc(CN2C(=O)CCn3nc(-c4c(Cl)cnn4C(C)C)cc32)cc1Cl. The van der Waals surface area contributed by atoms with Crippen LogP contribution in [0.5, 0.6) is 5.88 Å². The van der Waals surface area contributed by atoms with Gasteiger partial charge in [-0.1, -0.05) is 35.3 Å². The molecule has 0 radical (unpaired) electrons. The molecule has 4 aromatic rings. The van der Waals surface area contributed by atoms with Crippen LogP contribution < -0.4 is 9.64 Å². The standard InChI is InChI=1S/C24H23Cl2N7O2/c1-14(2)33-23(18(26)12-29-33)19-11-20-31(21(34)6-9-32(20)30-19)13-15-4-5-16(17(25)10-15)22-24(35-3)28-8-7-27-22/h4-5,7-8,10-12,14H,6,9,13H2,1-3H3. The summed E-state index contributed by atoms with van der Waals surface area (Å²) in [6.45, 7) is 4.91. The van der Waals surface area contributed by atoms with E-state index >= 15 is 0 Å². The van der Waals surface area contributed by atoms with Gasteiger partial charge in [-0.15, -0.1) is 0 Å². The lowest BCUT2D eigenvalue weighted by Gasteiger charge is -2.27. The summed E-state index contributed by atoms with van der Waals surface area (Å²) in [5.74, 6) is 1.12. The summed E-state index contributed by atoms with van der Waals surface area (Å²) >= 11 is 13.1. The number of hydrogen-bond donors (Lipinski definition) is 0. The van der Waals surface area contributed by atoms with E-state index in [9.17, 15) is 4.79 Å². The number of ether oxygens (including phenoxy) is 1. The lowest BCUT2D eigenvalue weighted by atomic mass is 10.1. The van der Waals surface area contributed by atoms with Crippen LogP contribution in [0.25, 0.3) is 22.6 Å². The van der Waals surface area contributed by atoms with E-state index in [0.717, 1.165) is 11.3 Å². The van der Waals surface area contributed by atoms with Crippen LogP contribution in [-0.2, 0) is 17.9 Å². The number of hydrogen-bond acceptors (Lipinski definition) is 6. The van der Waals surface area contributed by atoms with Gasteiger partial charge in [-0.3, -0.25) is 14.4 Å². The van der Waals surface area contributed by atoms with Gasteiger partial charge >= 0.3 is 0 Å². The summed E-state index contributed by atoms with van der Waals surface area (Å²) in [6.07, 6.45) is 5.12. The molecule has 1 aliphatic heterocycles. The minimum atomic E-state index is 0.0169. The summed E-state index contributed by atoms with van der Waals surface area (Å²) in [6, 6.07) is 7.62. The number of fused-ring (bicyclic) bond motifs is 1. The topological polar surface area (TPSA) is 91.0 Å². The molecular weight excluding hydrogens is 489 g/mol. The molecular formula is C24H23Cl2N7O2. The van der Waals surface area contributed by atoms with Gasteiger partial charge in [0.1, 0.15) is 22.9 Å². The van der Waals surface area contributed by atoms with Crippen LogP contribution in [0.4, 0.5) is 5.82 Å². The Hall–Kier alpha value is -3.43. The molecule has 0 saturated carbocycles. The average molecular weight is 512 g/mol. The molecule has 35 heavy (non-hydrogen) atoms. The van der Waals surface area contributed by atoms with E-state index in [-0.39, 0.29) is 11.9 Å². The summed E-state index contributed by atoms with van der Waals surface area (Å²) in [5, 5.41) is 10.1. The molecule has 1 aliphatic rings. The fourth-order valence-electron chi connectivity index (χ4n) is 4.20. The summed E-state index contributed by atoms with van der Waals surface area (Å²) in [7, 11) is 1.54. The van der Waals surface area contributed by atoms with Crippen molar-refractivity contribution in [2.75, 3.05) is 12.0 Å². The smallest absolute Gasteiger partial charge is 0.240 e. The number of rotatable bonds is 6. The van der Waals surface area contributed by atoms with Crippen LogP contribution in [0.2, 0.25) is 10.0 Å². The Morgan fingerprint density at radius 3 is 2.66 bits per heavy atom. The molecule has 0 atom stereocenters. The van der Waals surface area contributed by atoms with E-state index in [0.29, 0.717) is 58.2 Å². The predicted molar refractivity (Wildman–Crippen MR) is 134 cm³/mol. The van der Waals surface area contributed by atoms with Crippen molar-refractivity contribution in [3.05, 3.63) is 58.5 Å². The summed E-state index contributed by atoms with van der Waals surface area (Å²) < 4.78 is 8.99. The normalized spacial score (nSPS) is 13.4. The third-order valence-electron chi connectivity index (χ3n) is 5.84. The fraction of sp³-hybridized carbons (Fsp3) is 0.292. The summed E-state index contributed by atoms with van der Waals surface area (Å²) in [5.41, 5.74) is 3.55. The molecule has 1 aromatic carbocycles. The van der Waals surface area contributed by atoms with Gasteiger partial charge in [0.05, 0.1) is 36.4 Å². The van der Waals surface area contributed by atoms with Crippen LogP contribution >= 0.6 is 23.2 Å². The summed E-state index contributed by atoms with van der Waals surface area (Å²) in [4.78, 5) is 23.2. The number of halogens is 2. The van der Waals surface area contributed by atoms with Gasteiger partial charge in [0.2, 0.25) is 11.8 Å². The zero-order chi connectivity index (χ0) is 24.7. The molecule has 5 rings (SSSR count). The first-order valence-electron chi connectivity index (χ1n) is 11.1. The Labute approximate surface area is 212 Å². The lowest BCUT2D eigenvalue weighted by molar-refractivity contribution is -0.119. The highest BCUT2D eigenvalue weighted by molar-refractivity contribution is 6.33. The van der Waals surface area contributed by atoms with Gasteiger partial charge in [-0.05, 0) is 25.5 Å². The van der Waals surface area contributed by atoms with Gasteiger partial charge in [-0.25, -0.2) is 14.6 Å². The van der Waals surface area contributed by atoms with Gasteiger partial charge in [0.25, 0.3) is 0 Å². The van der Waals surface area contributed by atoms with Crippen LogP contribution in [0, 0.1) is 0 Å². The third kappa shape index (κ3) is 4.26. The number of carbonyl (C=O) groups is 1. The van der Waals surface area contributed by atoms with E-state index in [4.69, 9.17) is 33.0 Å². The second-order valence-corrected chi connectivity index (χ2v) is 9.26. The fourth-order valence-corrected chi connectivity index (χ4v) is 4.72. The molecule has 0 spiro atoms. The van der Waals surface area contributed by atoms with Crippen molar-refractivity contribution >= 4 is 34.9 Å². The van der Waals surface area contributed by atoms with Gasteiger partial charge in [0.15, 0.2) is 0 Å². The molecule has 0 saturated heterocycles. The Morgan fingerprint density at radius 1 is 1.11 bits per heavy atom. The maximum Gasteiger partial charge on any atom is 0.240 e. The highest BCUT2D eigenvalue weighted by atomic mass is 35.5. The number of benzene rings is 1. The van der Waals surface area contributed by atoms with Crippen molar-refractivity contribution in [1.29, 1.82) is 0 Å². The van der Waals surface area contributed by atoms with Crippen molar-refractivity contribution in [3.8, 4) is 28.5 Å². The molecule has 3 aromatic heterocycles. The highest BCUT2D eigenvalue weighted by Crippen LogP contribution is 2.35. The van der Waals surface area contributed by atoms with Crippen molar-refractivity contribution < 1.29 is 9.53 Å². The minimum absolute atomic E-state index is 0.0169. The highest BCUT2D eigenvalue weighted by Gasteiger charge is 2.28. The first-order chi connectivity index (χ1) is 16.9. The van der Waals surface area contributed by atoms with Crippen molar-refractivity contribution in [1.82, 2.24) is 29.5 Å². The lowest BCUT2D eigenvalue weighted by Crippen LogP contribution is -2.36. The maximum atomic E-state index is 12.9. The quantitative estimate of drug-likeness (QED) is 0.360. The molecule has 9 nitrogen and oxygen atoms in total. The molecule has 0 N–H and O–H groups in total. The molecule has 4 heterocycles. The first-order valence-corrected chi connectivity index (χ1v) is 11.9. The number of anilines is 1. The largest absolute Gasteiger partial charge is 0.479 e. The molecule has 0 aliphatic carbocycles. The second-order valence-electron chi connectivity index (χ2n) is 8.45. The first kappa shape index (κ1) is 23.3. The zero-order valence-electron chi connectivity index (χ0n) is 19.4. The van der Waals surface area contributed by atoms with E-state index in [1.54, 1.807) is 23.5 Å². The van der Waals surface area contributed by atoms with Crippen LogP contribution in [0.1, 0.15) is 31.9 Å². The Morgan fingerprint density at radius 2 is 1.91 bits per heavy atom. The Balaban J connectivity index is 1.47. The van der Waals surface area contributed by atoms with Gasteiger partial charge < -0.3 is 4.74 Å². The minimum Gasteiger partial charge on any atom is -0.479 e. The van der Waals surface area contributed by atoms with Crippen molar-refractivity contribution in [3.63, 3.8) is 0 Å². The Kier molecular flexibility index (Phi) is 6.21. The molecule has 0 bridgehead atoms. The van der Waals surface area contributed by atoms with Crippen LogP contribution in [-0.4, -0.2) is 42.5 Å².